The smallest absolute Gasteiger partial charge is 0.444 e. The van der Waals surface area contributed by atoms with Gasteiger partial charge in [-0.25, -0.2) is 24.7 Å². The number of hydrogen-bond acceptors (Lipinski definition) is 13. The van der Waals surface area contributed by atoms with Crippen LogP contribution in [0.5, 0.6) is 11.5 Å². The summed E-state index contributed by atoms with van der Waals surface area (Å²) in [6.45, 7) is 5.29. The molecule has 5 N–H and O–H groups in total. The van der Waals surface area contributed by atoms with Gasteiger partial charge in [0.1, 0.15) is 28.7 Å². The summed E-state index contributed by atoms with van der Waals surface area (Å²) < 4.78 is 87.2. The van der Waals surface area contributed by atoms with Crippen LogP contribution in [0.2, 0.25) is 0 Å². The summed E-state index contributed by atoms with van der Waals surface area (Å²) in [5.41, 5.74) is 7.86. The monoisotopic (exact) mass is 752 g/mol. The first kappa shape index (κ1) is 36.6. The molecule has 4 aromatic heterocycles. The van der Waals surface area contributed by atoms with E-state index >= 15 is 0 Å². The SMILES string of the molecule is CC(C)(C)OC(=O)Nc1nc2ccc(Nc3ccc(OC(F)(F)F)cn3)cc2s1.Nc1nc2ccc(Nc3ccc(OC(F)(F)F)cn3)cc2s1. The number of pyridine rings is 2. The maximum Gasteiger partial charge on any atom is 0.573 e. The Morgan fingerprint density at radius 1 is 0.706 bits per heavy atom. The van der Waals surface area contributed by atoms with Crippen molar-refractivity contribution in [3.8, 4) is 11.5 Å². The average molecular weight is 753 g/mol. The highest BCUT2D eigenvalue weighted by atomic mass is 32.1. The van der Waals surface area contributed by atoms with Crippen LogP contribution in [0.3, 0.4) is 0 Å². The van der Waals surface area contributed by atoms with Crippen molar-refractivity contribution >= 4 is 82.5 Å². The normalized spacial score (nSPS) is 11.8. The fraction of sp³-hybridized carbons (Fsp3) is 0.194. The van der Waals surface area contributed by atoms with Crippen LogP contribution in [0.4, 0.5) is 64.4 Å². The van der Waals surface area contributed by atoms with Gasteiger partial charge in [-0.05, 0) is 81.4 Å². The largest absolute Gasteiger partial charge is 0.573 e. The van der Waals surface area contributed by atoms with Gasteiger partial charge >= 0.3 is 18.8 Å². The highest BCUT2D eigenvalue weighted by Crippen LogP contribution is 2.31. The molecule has 0 saturated heterocycles. The number of carbonyl (C=O) groups is 1. The quantitative estimate of drug-likeness (QED) is 0.115. The number of amides is 1. The third kappa shape index (κ3) is 11.5. The average Bonchev–Trinajstić information content (AvgIpc) is 3.58. The predicted molar refractivity (Wildman–Crippen MR) is 182 cm³/mol. The molecule has 0 aliphatic heterocycles. The second-order valence-corrected chi connectivity index (χ2v) is 13.3. The predicted octanol–water partition coefficient (Wildman–Crippen LogP) is 9.60. The summed E-state index contributed by atoms with van der Waals surface area (Å²) in [7, 11) is 0. The molecule has 0 bridgehead atoms. The number of halogens is 6. The number of ether oxygens (including phenoxy) is 3. The minimum atomic E-state index is -4.77. The van der Waals surface area contributed by atoms with E-state index in [0.29, 0.717) is 33.1 Å². The Morgan fingerprint density at radius 2 is 1.20 bits per heavy atom. The van der Waals surface area contributed by atoms with Gasteiger partial charge in [0, 0.05) is 11.4 Å². The van der Waals surface area contributed by atoms with Gasteiger partial charge in [0.2, 0.25) is 0 Å². The van der Waals surface area contributed by atoms with Crippen molar-refractivity contribution in [1.82, 2.24) is 19.9 Å². The molecular weight excluding hydrogens is 727 g/mol. The number of nitrogen functional groups attached to an aromatic ring is 1. The molecule has 0 atom stereocenters. The van der Waals surface area contributed by atoms with Crippen molar-refractivity contribution in [2.24, 2.45) is 0 Å². The van der Waals surface area contributed by atoms with Crippen LogP contribution in [0.1, 0.15) is 20.8 Å². The van der Waals surface area contributed by atoms with Crippen molar-refractivity contribution in [2.45, 2.75) is 39.1 Å². The van der Waals surface area contributed by atoms with Gasteiger partial charge in [-0.1, -0.05) is 22.7 Å². The summed E-state index contributed by atoms with van der Waals surface area (Å²) in [4.78, 5) is 28.1. The van der Waals surface area contributed by atoms with E-state index in [-0.39, 0.29) is 5.75 Å². The minimum Gasteiger partial charge on any atom is -0.444 e. The Bertz CT molecular complexity index is 2120. The number of hydrogen-bond donors (Lipinski definition) is 4. The van der Waals surface area contributed by atoms with Crippen molar-refractivity contribution in [2.75, 3.05) is 21.7 Å². The minimum absolute atomic E-state index is 0.343. The van der Waals surface area contributed by atoms with Crippen LogP contribution in [0, 0.1) is 0 Å². The van der Waals surface area contributed by atoms with E-state index in [4.69, 9.17) is 10.5 Å². The Hall–Kier alpha value is -5.63. The Morgan fingerprint density at radius 3 is 1.65 bits per heavy atom. The number of aromatic nitrogens is 4. The third-order valence-electron chi connectivity index (χ3n) is 5.89. The molecule has 0 aliphatic rings. The summed E-state index contributed by atoms with van der Waals surface area (Å²) >= 11 is 2.60. The number of carbonyl (C=O) groups excluding carboxylic acids is 1. The van der Waals surface area contributed by atoms with E-state index in [0.717, 1.165) is 39.1 Å². The van der Waals surface area contributed by atoms with Crippen molar-refractivity contribution in [3.05, 3.63) is 73.1 Å². The van der Waals surface area contributed by atoms with Gasteiger partial charge in [0.15, 0.2) is 10.3 Å². The summed E-state index contributed by atoms with van der Waals surface area (Å²) in [6.07, 6.45) is -8.12. The van der Waals surface area contributed by atoms with Gasteiger partial charge in [-0.2, -0.15) is 0 Å². The van der Waals surface area contributed by atoms with Gasteiger partial charge < -0.3 is 30.6 Å². The summed E-state index contributed by atoms with van der Waals surface area (Å²) in [5, 5.41) is 9.42. The lowest BCUT2D eigenvalue weighted by Gasteiger charge is -2.18. The third-order valence-corrected chi connectivity index (χ3v) is 7.67. The molecule has 1 amide bonds. The zero-order chi connectivity index (χ0) is 37.0. The number of fused-ring (bicyclic) bond motifs is 2. The second kappa shape index (κ2) is 14.7. The van der Waals surface area contributed by atoms with Gasteiger partial charge in [-0.15, -0.1) is 26.3 Å². The Balaban J connectivity index is 0.000000205. The molecule has 268 valence electrons. The Kier molecular flexibility index (Phi) is 10.6. The van der Waals surface area contributed by atoms with Crippen molar-refractivity contribution in [3.63, 3.8) is 0 Å². The standard InChI is InChI=1S/C18H17F3N4O3S.C13H9F3N4OS/c1-17(2,3)28-16(26)25-15-24-12-6-4-10(8-13(12)29-15)23-14-7-5-11(9-22-14)27-18(19,20)21;14-13(15,16)21-8-2-4-11(18-6-8)19-7-1-3-9-10(5-7)22-12(17)20-9/h4-9H,1-3H3,(H,22,23)(H,24,25,26);1-6H,(H2,17,20)(H,18,19). The number of benzene rings is 2. The van der Waals surface area contributed by atoms with Crippen molar-refractivity contribution < 1.29 is 45.3 Å². The summed E-state index contributed by atoms with van der Waals surface area (Å²) in [6, 6.07) is 15.8. The van der Waals surface area contributed by atoms with Gasteiger partial charge in [0.25, 0.3) is 0 Å². The molecule has 20 heteroatoms. The first-order chi connectivity index (χ1) is 23.9. The molecular formula is C31H26F6N8O4S2. The van der Waals surface area contributed by atoms with E-state index in [1.165, 1.54) is 40.9 Å². The molecule has 6 rings (SSSR count). The zero-order valence-electron chi connectivity index (χ0n) is 26.5. The van der Waals surface area contributed by atoms with Gasteiger partial charge in [-0.3, -0.25) is 5.32 Å². The first-order valence-corrected chi connectivity index (χ1v) is 16.0. The molecule has 0 aliphatic carbocycles. The summed E-state index contributed by atoms with van der Waals surface area (Å²) in [5.74, 6) is -0.0376. The van der Waals surface area contributed by atoms with Crippen LogP contribution in [0.15, 0.2) is 73.1 Å². The van der Waals surface area contributed by atoms with Crippen LogP contribution in [0.25, 0.3) is 20.4 Å². The van der Waals surface area contributed by atoms with Gasteiger partial charge in [0.05, 0.1) is 32.8 Å². The number of alkyl halides is 6. The lowest BCUT2D eigenvalue weighted by molar-refractivity contribution is -0.275. The van der Waals surface area contributed by atoms with Crippen LogP contribution < -0.4 is 31.2 Å². The zero-order valence-corrected chi connectivity index (χ0v) is 28.1. The molecule has 51 heavy (non-hydrogen) atoms. The lowest BCUT2D eigenvalue weighted by atomic mass is 10.2. The van der Waals surface area contributed by atoms with Crippen LogP contribution >= 0.6 is 22.7 Å². The number of rotatable bonds is 7. The van der Waals surface area contributed by atoms with E-state index < -0.39 is 30.2 Å². The molecule has 6 aromatic rings. The van der Waals surface area contributed by atoms with Crippen LogP contribution in [-0.2, 0) is 4.74 Å². The number of nitrogens with zero attached hydrogens (tertiary/aromatic N) is 4. The Labute approximate surface area is 292 Å². The molecule has 0 fully saturated rings. The lowest BCUT2D eigenvalue weighted by Crippen LogP contribution is -2.27. The number of nitrogens with one attached hydrogen (secondary N) is 3. The van der Waals surface area contributed by atoms with Crippen molar-refractivity contribution in [1.29, 1.82) is 0 Å². The first-order valence-electron chi connectivity index (χ1n) is 14.4. The molecule has 0 saturated carbocycles. The second-order valence-electron chi connectivity index (χ2n) is 11.2. The molecule has 0 spiro atoms. The number of nitrogens with two attached hydrogens (primary N) is 1. The molecule has 4 heterocycles. The fourth-order valence-corrected chi connectivity index (χ4v) is 5.72. The van der Waals surface area contributed by atoms with E-state index in [1.807, 2.05) is 6.07 Å². The maximum absolute atomic E-state index is 12.2. The fourth-order valence-electron chi connectivity index (χ4n) is 4.06. The van der Waals surface area contributed by atoms with E-state index in [2.05, 4.69) is 45.4 Å². The number of anilines is 6. The van der Waals surface area contributed by atoms with E-state index in [9.17, 15) is 31.1 Å². The molecule has 0 radical (unpaired) electrons. The van der Waals surface area contributed by atoms with Crippen LogP contribution in [-0.4, -0.2) is 44.4 Å². The highest BCUT2D eigenvalue weighted by Gasteiger charge is 2.32. The topological polar surface area (TPSA) is 158 Å². The highest BCUT2D eigenvalue weighted by molar-refractivity contribution is 7.22. The number of thiazole rings is 2. The maximum atomic E-state index is 12.2. The molecule has 2 aromatic carbocycles. The molecule has 0 unspecified atom stereocenters. The van der Waals surface area contributed by atoms with E-state index in [1.54, 1.807) is 51.1 Å². The molecule has 12 nitrogen and oxygen atoms in total.